The SMILES string of the molecule is C=CC(=O)N1CCN(C(C)=O)[C@@H](c2cc(Cl)nc(-c3cc(C(=O)NC)ncn3)c2)[C@@H]1COC. The number of nitrogens with one attached hydrogen (secondary N) is 1. The van der Waals surface area contributed by atoms with Crippen LogP contribution in [0.25, 0.3) is 11.4 Å². The van der Waals surface area contributed by atoms with Crippen LogP contribution in [0.4, 0.5) is 0 Å². The number of pyridine rings is 1. The van der Waals surface area contributed by atoms with Gasteiger partial charge >= 0.3 is 0 Å². The van der Waals surface area contributed by atoms with Gasteiger partial charge in [0.05, 0.1) is 30.1 Å². The Morgan fingerprint density at radius 2 is 1.94 bits per heavy atom. The normalized spacial score (nSPS) is 18.1. The first-order valence-corrected chi connectivity index (χ1v) is 10.6. The van der Waals surface area contributed by atoms with Crippen LogP contribution in [0, 0.1) is 0 Å². The quantitative estimate of drug-likeness (QED) is 0.499. The minimum Gasteiger partial charge on any atom is -0.382 e. The number of nitrogens with zero attached hydrogens (tertiary/aromatic N) is 5. The number of hydrogen-bond acceptors (Lipinski definition) is 7. The molecular weight excluding hydrogens is 448 g/mol. The molecule has 0 bridgehead atoms. The highest BCUT2D eigenvalue weighted by atomic mass is 35.5. The van der Waals surface area contributed by atoms with Crippen LogP contribution in [0.3, 0.4) is 0 Å². The lowest BCUT2D eigenvalue weighted by Gasteiger charge is -2.47. The van der Waals surface area contributed by atoms with Crippen molar-refractivity contribution in [2.24, 2.45) is 0 Å². The van der Waals surface area contributed by atoms with E-state index in [0.29, 0.717) is 30.0 Å². The Kier molecular flexibility index (Phi) is 7.72. The lowest BCUT2D eigenvalue weighted by Crippen LogP contribution is -2.59. The van der Waals surface area contributed by atoms with Crippen molar-refractivity contribution < 1.29 is 19.1 Å². The predicted molar refractivity (Wildman–Crippen MR) is 121 cm³/mol. The predicted octanol–water partition coefficient (Wildman–Crippen LogP) is 1.48. The number of piperazine rings is 1. The molecule has 1 aliphatic rings. The van der Waals surface area contributed by atoms with E-state index in [1.807, 2.05) is 0 Å². The molecule has 1 fully saturated rings. The van der Waals surface area contributed by atoms with E-state index in [1.54, 1.807) is 21.9 Å². The Balaban J connectivity index is 2.12. The smallest absolute Gasteiger partial charge is 0.269 e. The van der Waals surface area contributed by atoms with Crippen LogP contribution in [0.15, 0.2) is 37.2 Å². The monoisotopic (exact) mass is 472 g/mol. The molecule has 10 nitrogen and oxygen atoms in total. The Labute approximate surface area is 196 Å². The van der Waals surface area contributed by atoms with Crippen LogP contribution >= 0.6 is 11.6 Å². The topological polar surface area (TPSA) is 118 Å². The molecule has 0 saturated carbocycles. The fourth-order valence-electron chi connectivity index (χ4n) is 3.96. The largest absolute Gasteiger partial charge is 0.382 e. The molecule has 0 spiro atoms. The maximum Gasteiger partial charge on any atom is 0.269 e. The second-order valence-electron chi connectivity index (χ2n) is 7.39. The molecule has 11 heteroatoms. The first-order chi connectivity index (χ1) is 15.8. The molecule has 3 heterocycles. The summed E-state index contributed by atoms with van der Waals surface area (Å²) in [5.74, 6) is -0.767. The van der Waals surface area contributed by atoms with E-state index >= 15 is 0 Å². The van der Waals surface area contributed by atoms with E-state index in [1.165, 1.54) is 39.6 Å². The highest BCUT2D eigenvalue weighted by Crippen LogP contribution is 2.34. The Morgan fingerprint density at radius 1 is 1.21 bits per heavy atom. The van der Waals surface area contributed by atoms with Gasteiger partial charge in [0.15, 0.2) is 0 Å². The number of amides is 3. The van der Waals surface area contributed by atoms with Gasteiger partial charge in [0, 0.05) is 34.2 Å². The van der Waals surface area contributed by atoms with Crippen molar-refractivity contribution in [2.45, 2.75) is 19.0 Å². The van der Waals surface area contributed by atoms with Crippen LogP contribution in [-0.4, -0.2) is 82.4 Å². The van der Waals surface area contributed by atoms with Crippen molar-refractivity contribution in [1.29, 1.82) is 0 Å². The average Bonchev–Trinajstić information content (AvgIpc) is 2.82. The third-order valence-corrected chi connectivity index (χ3v) is 5.62. The van der Waals surface area contributed by atoms with Gasteiger partial charge in [-0.25, -0.2) is 15.0 Å². The summed E-state index contributed by atoms with van der Waals surface area (Å²) in [6.07, 6.45) is 2.51. The Bertz CT molecular complexity index is 1080. The molecule has 0 radical (unpaired) electrons. The maximum atomic E-state index is 12.5. The molecule has 2 atom stereocenters. The van der Waals surface area contributed by atoms with Gasteiger partial charge in [-0.2, -0.15) is 0 Å². The van der Waals surface area contributed by atoms with Crippen molar-refractivity contribution in [1.82, 2.24) is 30.1 Å². The Morgan fingerprint density at radius 3 is 2.58 bits per heavy atom. The zero-order valence-corrected chi connectivity index (χ0v) is 19.4. The summed E-state index contributed by atoms with van der Waals surface area (Å²) >= 11 is 6.36. The van der Waals surface area contributed by atoms with Gasteiger partial charge in [0.2, 0.25) is 11.8 Å². The van der Waals surface area contributed by atoms with E-state index in [2.05, 4.69) is 26.8 Å². The van der Waals surface area contributed by atoms with Gasteiger partial charge in [-0.05, 0) is 29.8 Å². The zero-order valence-electron chi connectivity index (χ0n) is 18.6. The third-order valence-electron chi connectivity index (χ3n) is 5.43. The molecular formula is C22H25ClN6O4. The van der Waals surface area contributed by atoms with E-state index in [4.69, 9.17) is 16.3 Å². The van der Waals surface area contributed by atoms with Crippen LogP contribution in [0.2, 0.25) is 5.15 Å². The zero-order chi connectivity index (χ0) is 24.1. The number of hydrogen-bond donors (Lipinski definition) is 1. The lowest BCUT2D eigenvalue weighted by molar-refractivity contribution is -0.146. The molecule has 1 saturated heterocycles. The molecule has 3 rings (SSSR count). The number of methoxy groups -OCH3 is 1. The molecule has 2 aromatic rings. The number of halogens is 1. The summed E-state index contributed by atoms with van der Waals surface area (Å²) in [5, 5.41) is 2.69. The van der Waals surface area contributed by atoms with Gasteiger partial charge < -0.3 is 19.9 Å². The first kappa shape index (κ1) is 24.3. The van der Waals surface area contributed by atoms with E-state index < -0.39 is 12.1 Å². The standard InChI is InChI=1S/C22H25ClN6O4/c1-5-20(31)29-7-6-28(13(2)30)21(18(29)11-33-4)14-8-16(27-19(23)9-14)15-10-17(22(32)24-3)26-12-25-15/h5,8-10,12,18,21H,1,6-7,11H2,2-4H3,(H,24,32)/t18-,21-/m0/s1. The summed E-state index contributed by atoms with van der Waals surface area (Å²) in [4.78, 5) is 52.9. The van der Waals surface area contributed by atoms with Crippen molar-refractivity contribution in [2.75, 3.05) is 33.9 Å². The minimum atomic E-state index is -0.542. The Hall–Kier alpha value is -3.37. The van der Waals surface area contributed by atoms with Crippen molar-refractivity contribution in [3.63, 3.8) is 0 Å². The minimum absolute atomic E-state index is 0.148. The second-order valence-corrected chi connectivity index (χ2v) is 7.78. The molecule has 33 heavy (non-hydrogen) atoms. The summed E-state index contributed by atoms with van der Waals surface area (Å²) in [7, 11) is 3.04. The number of aromatic nitrogens is 3. The number of ether oxygens (including phenoxy) is 1. The van der Waals surface area contributed by atoms with Crippen molar-refractivity contribution >= 4 is 29.3 Å². The van der Waals surface area contributed by atoms with Crippen LogP contribution in [0.5, 0.6) is 0 Å². The van der Waals surface area contributed by atoms with Crippen molar-refractivity contribution in [3.05, 3.63) is 53.6 Å². The first-order valence-electron chi connectivity index (χ1n) is 10.2. The molecule has 2 aromatic heterocycles. The van der Waals surface area contributed by atoms with E-state index in [-0.39, 0.29) is 35.2 Å². The van der Waals surface area contributed by atoms with E-state index in [0.717, 1.165) is 0 Å². The maximum absolute atomic E-state index is 12.5. The number of carbonyl (C=O) groups excluding carboxylic acids is 3. The van der Waals surface area contributed by atoms with Crippen LogP contribution in [-0.2, 0) is 14.3 Å². The van der Waals surface area contributed by atoms with Gasteiger partial charge in [-0.1, -0.05) is 18.2 Å². The summed E-state index contributed by atoms with van der Waals surface area (Å²) in [6, 6.07) is 3.88. The van der Waals surface area contributed by atoms with Gasteiger partial charge in [0.1, 0.15) is 17.2 Å². The lowest BCUT2D eigenvalue weighted by atomic mass is 9.93. The van der Waals surface area contributed by atoms with Crippen molar-refractivity contribution in [3.8, 4) is 11.4 Å². The summed E-state index contributed by atoms with van der Waals surface area (Å²) in [5.41, 5.74) is 1.62. The highest BCUT2D eigenvalue weighted by molar-refractivity contribution is 6.29. The molecule has 1 N–H and O–H groups in total. The summed E-state index contributed by atoms with van der Waals surface area (Å²) in [6.45, 7) is 5.94. The number of rotatable bonds is 6. The van der Waals surface area contributed by atoms with Crippen LogP contribution in [0.1, 0.15) is 29.0 Å². The second kappa shape index (κ2) is 10.5. The van der Waals surface area contributed by atoms with E-state index in [9.17, 15) is 14.4 Å². The molecule has 0 unspecified atom stereocenters. The average molecular weight is 473 g/mol. The highest BCUT2D eigenvalue weighted by Gasteiger charge is 2.40. The third kappa shape index (κ3) is 5.18. The van der Waals surface area contributed by atoms with Gasteiger partial charge in [-0.15, -0.1) is 0 Å². The summed E-state index contributed by atoms with van der Waals surface area (Å²) < 4.78 is 5.41. The molecule has 1 aliphatic heterocycles. The fraction of sp³-hybridized carbons (Fsp3) is 0.364. The molecule has 0 aromatic carbocycles. The molecule has 0 aliphatic carbocycles. The molecule has 3 amide bonds. The van der Waals surface area contributed by atoms with Crippen LogP contribution < -0.4 is 5.32 Å². The fourth-order valence-corrected chi connectivity index (χ4v) is 4.18. The van der Waals surface area contributed by atoms with Gasteiger partial charge in [-0.3, -0.25) is 14.4 Å². The number of carbonyl (C=O) groups is 3. The van der Waals surface area contributed by atoms with Gasteiger partial charge in [0.25, 0.3) is 5.91 Å². The molecule has 174 valence electrons.